The first-order chi connectivity index (χ1) is 12.1. The molecule has 0 saturated carbocycles. The average Bonchev–Trinajstić information content (AvgIpc) is 3.13. The van der Waals surface area contributed by atoms with E-state index in [0.29, 0.717) is 5.82 Å². The summed E-state index contributed by atoms with van der Waals surface area (Å²) in [7, 11) is 0. The van der Waals surface area contributed by atoms with Crippen LogP contribution in [0.3, 0.4) is 0 Å². The normalized spacial score (nSPS) is 20.8. The molecule has 1 aliphatic rings. The van der Waals surface area contributed by atoms with Crippen LogP contribution in [-0.2, 0) is 20.9 Å². The molecule has 0 bridgehead atoms. The zero-order valence-corrected chi connectivity index (χ0v) is 14.0. The maximum Gasteiger partial charge on any atom is 0.252 e. The van der Waals surface area contributed by atoms with Crippen LogP contribution in [0, 0.1) is 0 Å². The Balaban J connectivity index is 1.84. The van der Waals surface area contributed by atoms with Gasteiger partial charge < -0.3 is 15.0 Å². The topological polar surface area (TPSA) is 113 Å². The van der Waals surface area contributed by atoms with E-state index in [-0.39, 0.29) is 31.0 Å². The fraction of sp³-hybridized carbons (Fsp3) is 0.438. The third-order valence-electron chi connectivity index (χ3n) is 4.03. The zero-order valence-electron chi connectivity index (χ0n) is 14.0. The highest BCUT2D eigenvalue weighted by Gasteiger charge is 2.42. The van der Waals surface area contributed by atoms with Crippen molar-refractivity contribution in [2.24, 2.45) is 0 Å². The van der Waals surface area contributed by atoms with Crippen molar-refractivity contribution in [2.75, 3.05) is 6.61 Å². The van der Waals surface area contributed by atoms with Gasteiger partial charge in [0.15, 0.2) is 11.9 Å². The number of carbonyl (C=O) groups is 2. The summed E-state index contributed by atoms with van der Waals surface area (Å²) in [5.41, 5.74) is 0.851. The fourth-order valence-electron chi connectivity index (χ4n) is 2.97. The molecule has 0 radical (unpaired) electrons. The molecule has 1 fully saturated rings. The number of hydrogen-bond acceptors (Lipinski definition) is 6. The highest BCUT2D eigenvalue weighted by atomic mass is 16.5. The molecule has 0 aliphatic carbocycles. The molecule has 1 aliphatic heterocycles. The molecule has 1 saturated heterocycles. The minimum atomic E-state index is -0.811. The van der Waals surface area contributed by atoms with Gasteiger partial charge in [-0.2, -0.15) is 5.21 Å². The molecule has 1 aromatic heterocycles. The van der Waals surface area contributed by atoms with Gasteiger partial charge in [-0.05, 0) is 19.4 Å². The van der Waals surface area contributed by atoms with E-state index in [0.717, 1.165) is 5.56 Å². The summed E-state index contributed by atoms with van der Waals surface area (Å²) >= 11 is 0. The second-order valence-electron chi connectivity index (χ2n) is 6.03. The Bertz CT molecular complexity index is 719. The number of aromatic nitrogens is 4. The summed E-state index contributed by atoms with van der Waals surface area (Å²) in [6.07, 6.45) is -0.811. The van der Waals surface area contributed by atoms with Crippen LogP contribution < -0.4 is 5.32 Å². The maximum absolute atomic E-state index is 12.7. The molecule has 132 valence electrons. The van der Waals surface area contributed by atoms with Gasteiger partial charge in [-0.3, -0.25) is 9.59 Å². The molecule has 9 heteroatoms. The van der Waals surface area contributed by atoms with Gasteiger partial charge in [-0.15, -0.1) is 10.2 Å². The van der Waals surface area contributed by atoms with Gasteiger partial charge in [0.1, 0.15) is 6.61 Å². The molecular formula is C16H20N6O3. The van der Waals surface area contributed by atoms with Crippen LogP contribution in [0.25, 0.3) is 0 Å². The second-order valence-corrected chi connectivity index (χ2v) is 6.03. The number of morpholine rings is 1. The largest absolute Gasteiger partial charge is 0.356 e. The predicted molar refractivity (Wildman–Crippen MR) is 86.9 cm³/mol. The first-order valence-electron chi connectivity index (χ1n) is 8.05. The van der Waals surface area contributed by atoms with Crippen LogP contribution in [0.1, 0.15) is 31.3 Å². The van der Waals surface area contributed by atoms with E-state index in [1.54, 1.807) is 4.90 Å². The number of H-pyrrole nitrogens is 1. The van der Waals surface area contributed by atoms with Gasteiger partial charge in [-0.25, -0.2) is 0 Å². The number of tetrazole rings is 1. The average molecular weight is 344 g/mol. The number of aromatic amines is 1. The molecule has 2 heterocycles. The summed E-state index contributed by atoms with van der Waals surface area (Å²) in [5.74, 6) is -0.0833. The molecule has 1 aromatic carbocycles. The van der Waals surface area contributed by atoms with E-state index >= 15 is 0 Å². The minimum absolute atomic E-state index is 0.0610. The number of nitrogens with zero attached hydrogens (tertiary/aromatic N) is 4. The van der Waals surface area contributed by atoms with Gasteiger partial charge in [0, 0.05) is 6.04 Å². The maximum atomic E-state index is 12.7. The lowest BCUT2D eigenvalue weighted by molar-refractivity contribution is -0.167. The lowest BCUT2D eigenvalue weighted by atomic mass is 9.96. The van der Waals surface area contributed by atoms with E-state index < -0.39 is 12.1 Å². The quantitative estimate of drug-likeness (QED) is 0.801. The fourth-order valence-corrected chi connectivity index (χ4v) is 2.97. The van der Waals surface area contributed by atoms with E-state index in [9.17, 15) is 9.59 Å². The monoisotopic (exact) mass is 344 g/mol. The lowest BCUT2D eigenvalue weighted by Crippen LogP contribution is -2.56. The van der Waals surface area contributed by atoms with Crippen molar-refractivity contribution in [2.45, 2.75) is 38.6 Å². The van der Waals surface area contributed by atoms with Crippen molar-refractivity contribution in [3.8, 4) is 0 Å². The van der Waals surface area contributed by atoms with Crippen molar-refractivity contribution >= 4 is 11.8 Å². The van der Waals surface area contributed by atoms with Gasteiger partial charge in [0.25, 0.3) is 5.91 Å². The Morgan fingerprint density at radius 3 is 2.80 bits per heavy atom. The van der Waals surface area contributed by atoms with Crippen molar-refractivity contribution in [3.63, 3.8) is 0 Å². The Kier molecular flexibility index (Phi) is 5.03. The molecule has 9 nitrogen and oxygen atoms in total. The van der Waals surface area contributed by atoms with Crippen LogP contribution in [0.2, 0.25) is 0 Å². The number of ether oxygens (including phenoxy) is 1. The van der Waals surface area contributed by atoms with Crippen molar-refractivity contribution < 1.29 is 14.3 Å². The third kappa shape index (κ3) is 3.66. The highest BCUT2D eigenvalue weighted by molar-refractivity contribution is 5.86. The molecule has 0 unspecified atom stereocenters. The molecule has 2 atom stereocenters. The number of nitrogens with one attached hydrogen (secondary N) is 2. The predicted octanol–water partition coefficient (Wildman–Crippen LogP) is 0.193. The highest BCUT2D eigenvalue weighted by Crippen LogP contribution is 2.32. The number of carbonyl (C=O) groups excluding carboxylic acids is 2. The summed E-state index contributed by atoms with van der Waals surface area (Å²) < 4.78 is 5.60. The Morgan fingerprint density at radius 2 is 2.16 bits per heavy atom. The smallest absolute Gasteiger partial charge is 0.252 e. The summed E-state index contributed by atoms with van der Waals surface area (Å²) in [6.45, 7) is 3.86. The van der Waals surface area contributed by atoms with Gasteiger partial charge in [-0.1, -0.05) is 35.5 Å². The van der Waals surface area contributed by atoms with Gasteiger partial charge >= 0.3 is 0 Å². The summed E-state index contributed by atoms with van der Waals surface area (Å²) in [6, 6.07) is 8.87. The first-order valence-corrected chi connectivity index (χ1v) is 8.05. The van der Waals surface area contributed by atoms with Gasteiger partial charge in [0.05, 0.1) is 12.6 Å². The van der Waals surface area contributed by atoms with Crippen molar-refractivity contribution in [3.05, 3.63) is 41.7 Å². The van der Waals surface area contributed by atoms with Crippen LogP contribution in [0.15, 0.2) is 30.3 Å². The molecule has 2 N–H and O–H groups in total. The van der Waals surface area contributed by atoms with Crippen LogP contribution in [0.5, 0.6) is 0 Å². The molecule has 25 heavy (non-hydrogen) atoms. The molecule has 2 aromatic rings. The minimum Gasteiger partial charge on any atom is -0.356 e. The van der Waals surface area contributed by atoms with E-state index in [4.69, 9.17) is 4.74 Å². The van der Waals surface area contributed by atoms with Crippen molar-refractivity contribution in [1.29, 1.82) is 0 Å². The molecule has 3 rings (SSSR count). The lowest BCUT2D eigenvalue weighted by Gasteiger charge is -2.42. The van der Waals surface area contributed by atoms with Crippen LogP contribution in [-0.4, -0.2) is 56.1 Å². The van der Waals surface area contributed by atoms with Crippen LogP contribution >= 0.6 is 0 Å². The van der Waals surface area contributed by atoms with E-state index in [1.165, 1.54) is 0 Å². The van der Waals surface area contributed by atoms with Crippen molar-refractivity contribution in [1.82, 2.24) is 30.8 Å². The number of amides is 2. The SMILES string of the molecule is CC(C)N1C(=O)CO[C@H](C(=O)NCc2nn[nH]n2)[C@H]1c1ccccc1. The summed E-state index contributed by atoms with van der Waals surface area (Å²) in [5, 5.41) is 16.1. The molecular weight excluding hydrogens is 324 g/mol. The van der Waals surface area contributed by atoms with E-state index in [2.05, 4.69) is 25.9 Å². The standard InChI is InChI=1S/C16H20N6O3/c1-10(2)22-13(23)9-25-15(14(22)11-6-4-3-5-7-11)16(24)17-8-12-18-20-21-19-12/h3-7,10,14-15H,8-9H2,1-2H3,(H,17,24)(H,18,19,20,21)/t14-,15+/m1/s1. The molecule has 0 spiro atoms. The van der Waals surface area contributed by atoms with Gasteiger partial charge in [0.2, 0.25) is 5.91 Å². The second kappa shape index (κ2) is 7.39. The Labute approximate surface area is 144 Å². The first kappa shape index (κ1) is 17.0. The third-order valence-corrected chi connectivity index (χ3v) is 4.03. The Hall–Kier alpha value is -2.81. The summed E-state index contributed by atoms with van der Waals surface area (Å²) in [4.78, 5) is 26.8. The van der Waals surface area contributed by atoms with E-state index in [1.807, 2.05) is 44.2 Å². The van der Waals surface area contributed by atoms with Crippen LogP contribution in [0.4, 0.5) is 0 Å². The number of hydrogen-bond donors (Lipinski definition) is 2. The molecule has 2 amide bonds. The number of rotatable bonds is 5. The Morgan fingerprint density at radius 1 is 1.40 bits per heavy atom. The zero-order chi connectivity index (χ0) is 17.8. The number of benzene rings is 1.